The van der Waals surface area contributed by atoms with Crippen molar-refractivity contribution in [2.45, 2.75) is 6.10 Å². The van der Waals surface area contributed by atoms with Gasteiger partial charge >= 0.3 is 0 Å². The van der Waals surface area contributed by atoms with Gasteiger partial charge in [-0.1, -0.05) is 11.6 Å². The lowest BCUT2D eigenvalue weighted by Crippen LogP contribution is -2.06. The summed E-state index contributed by atoms with van der Waals surface area (Å²) in [6, 6.07) is 4.86. The number of rotatable bonds is 2. The van der Waals surface area contributed by atoms with Gasteiger partial charge in [-0.25, -0.2) is 8.78 Å². The zero-order valence-electron chi connectivity index (χ0n) is 11.3. The molecule has 0 bridgehead atoms. The summed E-state index contributed by atoms with van der Waals surface area (Å²) in [5, 5.41) is 15.3. The molecule has 7 heteroatoms. The van der Waals surface area contributed by atoms with E-state index >= 15 is 0 Å². The molecule has 0 radical (unpaired) electrons. The Morgan fingerprint density at radius 3 is 2.77 bits per heavy atom. The molecule has 0 amide bonds. The number of halogens is 4. The highest BCUT2D eigenvalue weighted by atomic mass is 79.9. The van der Waals surface area contributed by atoms with Gasteiger partial charge in [0, 0.05) is 39.1 Å². The monoisotopic (exact) mass is 386 g/mol. The molecule has 1 N–H and O–H groups in total. The zero-order valence-corrected chi connectivity index (χ0v) is 13.7. The molecule has 0 aliphatic carbocycles. The third-order valence-corrected chi connectivity index (χ3v) is 4.70. The molecule has 0 saturated heterocycles. The number of hydrogen-bond donors (Lipinski definition) is 1. The summed E-state index contributed by atoms with van der Waals surface area (Å²) in [5.74, 6) is -1.19. The molecule has 1 heterocycles. The lowest BCUT2D eigenvalue weighted by atomic mass is 9.99. The Morgan fingerprint density at radius 2 is 2.05 bits per heavy atom. The first-order valence-electron chi connectivity index (χ1n) is 6.32. The first-order valence-corrected chi connectivity index (χ1v) is 7.50. The summed E-state index contributed by atoms with van der Waals surface area (Å²) in [4.78, 5) is 0. The molecule has 1 unspecified atom stereocenters. The number of aryl methyl sites for hydroxylation is 1. The Morgan fingerprint density at radius 1 is 1.32 bits per heavy atom. The largest absolute Gasteiger partial charge is 0.383 e. The molecule has 0 spiro atoms. The van der Waals surface area contributed by atoms with Crippen LogP contribution in [-0.4, -0.2) is 14.9 Å². The maximum Gasteiger partial charge on any atom is 0.132 e. The minimum Gasteiger partial charge on any atom is -0.383 e. The summed E-state index contributed by atoms with van der Waals surface area (Å²) < 4.78 is 29.7. The van der Waals surface area contributed by atoms with Crippen molar-refractivity contribution in [3.05, 3.63) is 62.7 Å². The standard InChI is InChI=1S/C15H10BrClF2N2O/c1-21-12-5-11(19)13(14(16)9(12)6-20-21)15(22)8-4-7(18)2-3-10(8)17/h2-6,15,22H,1H3. The molecule has 0 fully saturated rings. The first kappa shape index (κ1) is 15.4. The summed E-state index contributed by atoms with van der Waals surface area (Å²) in [6.07, 6.45) is 0.157. The van der Waals surface area contributed by atoms with Crippen LogP contribution in [0, 0.1) is 11.6 Å². The van der Waals surface area contributed by atoms with Crippen molar-refractivity contribution in [2.24, 2.45) is 7.05 Å². The third-order valence-electron chi connectivity index (χ3n) is 3.50. The van der Waals surface area contributed by atoms with E-state index in [0.29, 0.717) is 15.4 Å². The Hall–Kier alpha value is -1.50. The number of hydrogen-bond acceptors (Lipinski definition) is 2. The van der Waals surface area contributed by atoms with Gasteiger partial charge in [0.2, 0.25) is 0 Å². The van der Waals surface area contributed by atoms with Gasteiger partial charge in [0.05, 0.1) is 11.7 Å². The van der Waals surface area contributed by atoms with Gasteiger partial charge in [0.25, 0.3) is 0 Å². The second-order valence-corrected chi connectivity index (χ2v) is 6.06. The van der Waals surface area contributed by atoms with Crippen molar-refractivity contribution in [3.63, 3.8) is 0 Å². The average molecular weight is 388 g/mol. The van der Waals surface area contributed by atoms with Gasteiger partial charge in [-0.3, -0.25) is 4.68 Å². The van der Waals surface area contributed by atoms with Crippen LogP contribution in [0.5, 0.6) is 0 Å². The van der Waals surface area contributed by atoms with Crippen LogP contribution in [-0.2, 0) is 7.05 Å². The Bertz CT molecular complexity index is 882. The molecule has 22 heavy (non-hydrogen) atoms. The van der Waals surface area contributed by atoms with E-state index in [-0.39, 0.29) is 16.1 Å². The van der Waals surface area contributed by atoms with Gasteiger partial charge in [0.15, 0.2) is 0 Å². The molecule has 0 aliphatic heterocycles. The van der Waals surface area contributed by atoms with E-state index in [4.69, 9.17) is 11.6 Å². The maximum atomic E-state index is 14.4. The van der Waals surface area contributed by atoms with Crippen molar-refractivity contribution >= 4 is 38.4 Å². The number of aliphatic hydroxyl groups is 1. The van der Waals surface area contributed by atoms with E-state index in [9.17, 15) is 13.9 Å². The summed E-state index contributed by atoms with van der Waals surface area (Å²) in [7, 11) is 1.69. The molecule has 3 rings (SSSR count). The molecule has 1 atom stereocenters. The highest BCUT2D eigenvalue weighted by Crippen LogP contribution is 2.38. The molecule has 2 aromatic carbocycles. The van der Waals surface area contributed by atoms with Crippen LogP contribution in [0.2, 0.25) is 5.02 Å². The Labute approximate surface area is 138 Å². The third kappa shape index (κ3) is 2.41. The highest BCUT2D eigenvalue weighted by Gasteiger charge is 2.24. The average Bonchev–Trinajstić information content (AvgIpc) is 2.83. The van der Waals surface area contributed by atoms with E-state index in [0.717, 1.165) is 6.07 Å². The molecule has 3 nitrogen and oxygen atoms in total. The van der Waals surface area contributed by atoms with Crippen LogP contribution < -0.4 is 0 Å². The fraction of sp³-hybridized carbons (Fsp3) is 0.133. The fourth-order valence-corrected chi connectivity index (χ4v) is 3.30. The molecule has 1 aromatic heterocycles. The van der Waals surface area contributed by atoms with Crippen molar-refractivity contribution in [1.29, 1.82) is 0 Å². The van der Waals surface area contributed by atoms with E-state index < -0.39 is 17.7 Å². The second-order valence-electron chi connectivity index (χ2n) is 4.86. The minimum atomic E-state index is -1.40. The Balaban J connectivity index is 2.23. The molecule has 114 valence electrons. The van der Waals surface area contributed by atoms with E-state index in [1.807, 2.05) is 0 Å². The van der Waals surface area contributed by atoms with Crippen LogP contribution in [0.3, 0.4) is 0 Å². The lowest BCUT2D eigenvalue weighted by Gasteiger charge is -2.16. The van der Waals surface area contributed by atoms with Crippen LogP contribution in [0.4, 0.5) is 8.78 Å². The topological polar surface area (TPSA) is 38.0 Å². The fourth-order valence-electron chi connectivity index (χ4n) is 2.37. The number of nitrogens with zero attached hydrogens (tertiary/aromatic N) is 2. The normalized spacial score (nSPS) is 12.8. The van der Waals surface area contributed by atoms with E-state index in [1.54, 1.807) is 13.2 Å². The van der Waals surface area contributed by atoms with Crippen molar-refractivity contribution < 1.29 is 13.9 Å². The maximum absolute atomic E-state index is 14.4. The van der Waals surface area contributed by atoms with Crippen molar-refractivity contribution in [3.8, 4) is 0 Å². The van der Waals surface area contributed by atoms with Crippen molar-refractivity contribution in [1.82, 2.24) is 9.78 Å². The smallest absolute Gasteiger partial charge is 0.132 e. The highest BCUT2D eigenvalue weighted by molar-refractivity contribution is 9.10. The molecule has 3 aromatic rings. The van der Waals surface area contributed by atoms with Gasteiger partial charge < -0.3 is 5.11 Å². The first-order chi connectivity index (χ1) is 10.4. The lowest BCUT2D eigenvalue weighted by molar-refractivity contribution is 0.214. The summed E-state index contributed by atoms with van der Waals surface area (Å²) in [6.45, 7) is 0. The van der Waals surface area contributed by atoms with Gasteiger partial charge in [-0.15, -0.1) is 0 Å². The Kier molecular flexibility index (Phi) is 3.92. The van der Waals surface area contributed by atoms with Crippen molar-refractivity contribution in [2.75, 3.05) is 0 Å². The van der Waals surface area contributed by atoms with Gasteiger partial charge in [-0.05, 0) is 34.1 Å². The van der Waals surface area contributed by atoms with Gasteiger partial charge in [-0.2, -0.15) is 5.10 Å². The van der Waals surface area contributed by atoms with Crippen LogP contribution in [0.1, 0.15) is 17.2 Å². The van der Waals surface area contributed by atoms with Crippen LogP contribution >= 0.6 is 27.5 Å². The molecule has 0 saturated carbocycles. The quantitative estimate of drug-likeness (QED) is 0.710. The zero-order chi connectivity index (χ0) is 16.0. The number of benzene rings is 2. The number of aromatic nitrogens is 2. The second kappa shape index (κ2) is 5.61. The molecule has 0 aliphatic rings. The minimum absolute atomic E-state index is 0.00648. The van der Waals surface area contributed by atoms with Crippen LogP contribution in [0.15, 0.2) is 34.9 Å². The SMILES string of the molecule is Cn1ncc2c(Br)c(C(O)c3cc(F)ccc3Cl)c(F)cc21. The molecular formula is C15H10BrClF2N2O. The van der Waals surface area contributed by atoms with E-state index in [1.165, 1.54) is 22.9 Å². The van der Waals surface area contributed by atoms with E-state index in [2.05, 4.69) is 21.0 Å². The predicted molar refractivity (Wildman–Crippen MR) is 83.8 cm³/mol. The van der Waals surface area contributed by atoms with Gasteiger partial charge in [0.1, 0.15) is 17.7 Å². The number of aliphatic hydroxyl groups excluding tert-OH is 1. The molecular weight excluding hydrogens is 378 g/mol. The summed E-state index contributed by atoms with van der Waals surface area (Å²) in [5.41, 5.74) is 0.670. The van der Waals surface area contributed by atoms with Crippen LogP contribution in [0.25, 0.3) is 10.9 Å². The summed E-state index contributed by atoms with van der Waals surface area (Å²) >= 11 is 9.28. The predicted octanol–water partition coefficient (Wildman–Crippen LogP) is 4.35. The number of fused-ring (bicyclic) bond motifs is 1.